The normalized spacial score (nSPS) is 10.7. The summed E-state index contributed by atoms with van der Waals surface area (Å²) in [5, 5.41) is 6.76. The topological polar surface area (TPSA) is 77.2 Å². The molecule has 22 heavy (non-hydrogen) atoms. The predicted octanol–water partition coefficient (Wildman–Crippen LogP) is 2.80. The highest BCUT2D eigenvalue weighted by Crippen LogP contribution is 2.19. The second-order valence-electron chi connectivity index (χ2n) is 4.97. The molecule has 0 atom stereocenters. The number of hydrogen-bond acceptors (Lipinski definition) is 5. The first kappa shape index (κ1) is 16.0. The maximum absolute atomic E-state index is 11.9. The lowest BCUT2D eigenvalue weighted by atomic mass is 10.0. The Morgan fingerprint density at radius 2 is 1.95 bits per heavy atom. The SMILES string of the molecule is CCC(CC)C(=O)NCc1nc(-c2ccc(OC)cc2)no1. The Hall–Kier alpha value is -2.37. The van der Waals surface area contributed by atoms with Gasteiger partial charge in [0.15, 0.2) is 0 Å². The molecule has 0 fully saturated rings. The van der Waals surface area contributed by atoms with Crippen molar-refractivity contribution in [3.05, 3.63) is 30.2 Å². The predicted molar refractivity (Wildman–Crippen MR) is 82.2 cm³/mol. The summed E-state index contributed by atoms with van der Waals surface area (Å²) in [4.78, 5) is 16.2. The molecule has 2 rings (SSSR count). The molecule has 1 N–H and O–H groups in total. The second kappa shape index (κ2) is 7.59. The molecule has 1 amide bonds. The lowest BCUT2D eigenvalue weighted by molar-refractivity contribution is -0.125. The van der Waals surface area contributed by atoms with Crippen LogP contribution in [0.3, 0.4) is 0 Å². The minimum absolute atomic E-state index is 0.0224. The second-order valence-corrected chi connectivity index (χ2v) is 4.97. The molecule has 0 radical (unpaired) electrons. The van der Waals surface area contributed by atoms with Gasteiger partial charge in [0, 0.05) is 11.5 Å². The Morgan fingerprint density at radius 1 is 1.27 bits per heavy atom. The maximum atomic E-state index is 11.9. The van der Waals surface area contributed by atoms with Crippen molar-refractivity contribution in [1.82, 2.24) is 15.5 Å². The maximum Gasteiger partial charge on any atom is 0.246 e. The number of ether oxygens (including phenoxy) is 1. The summed E-state index contributed by atoms with van der Waals surface area (Å²) in [6.45, 7) is 4.25. The molecule has 6 heteroatoms. The van der Waals surface area contributed by atoms with Crippen LogP contribution in [0.5, 0.6) is 5.75 Å². The average Bonchev–Trinajstić information content (AvgIpc) is 3.03. The van der Waals surface area contributed by atoms with E-state index < -0.39 is 0 Å². The third-order valence-corrected chi connectivity index (χ3v) is 3.59. The van der Waals surface area contributed by atoms with Gasteiger partial charge in [-0.15, -0.1) is 0 Å². The molecule has 1 aromatic carbocycles. The van der Waals surface area contributed by atoms with E-state index in [0.29, 0.717) is 11.7 Å². The Bertz CT molecular complexity index is 603. The highest BCUT2D eigenvalue weighted by Gasteiger charge is 2.15. The standard InChI is InChI=1S/C16H21N3O3/c1-4-11(5-2)16(20)17-10-14-18-15(19-22-14)12-6-8-13(21-3)9-7-12/h6-9,11H,4-5,10H2,1-3H3,(H,17,20). The van der Waals surface area contributed by atoms with Gasteiger partial charge in [-0.05, 0) is 37.1 Å². The molecule has 118 valence electrons. The molecule has 1 heterocycles. The van der Waals surface area contributed by atoms with Gasteiger partial charge in [-0.2, -0.15) is 4.98 Å². The van der Waals surface area contributed by atoms with Crippen LogP contribution < -0.4 is 10.1 Å². The van der Waals surface area contributed by atoms with Gasteiger partial charge in [0.2, 0.25) is 17.6 Å². The van der Waals surface area contributed by atoms with Crippen LogP contribution in [0.15, 0.2) is 28.8 Å². The van der Waals surface area contributed by atoms with E-state index in [2.05, 4.69) is 15.5 Å². The fourth-order valence-electron chi connectivity index (χ4n) is 2.15. The molecular formula is C16H21N3O3. The molecule has 0 aliphatic heterocycles. The number of nitrogens with one attached hydrogen (secondary N) is 1. The van der Waals surface area contributed by atoms with E-state index in [0.717, 1.165) is 24.2 Å². The Kier molecular flexibility index (Phi) is 5.52. The summed E-state index contributed by atoms with van der Waals surface area (Å²) < 4.78 is 10.3. The number of nitrogens with zero attached hydrogens (tertiary/aromatic N) is 2. The Labute approximate surface area is 129 Å². The van der Waals surface area contributed by atoms with Crippen molar-refractivity contribution in [2.45, 2.75) is 33.2 Å². The van der Waals surface area contributed by atoms with E-state index in [1.807, 2.05) is 38.1 Å². The van der Waals surface area contributed by atoms with Crippen LogP contribution in [0.2, 0.25) is 0 Å². The van der Waals surface area contributed by atoms with Crippen LogP contribution in [-0.2, 0) is 11.3 Å². The van der Waals surface area contributed by atoms with Gasteiger partial charge >= 0.3 is 0 Å². The zero-order chi connectivity index (χ0) is 15.9. The lowest BCUT2D eigenvalue weighted by Crippen LogP contribution is -2.29. The zero-order valence-corrected chi connectivity index (χ0v) is 13.1. The smallest absolute Gasteiger partial charge is 0.246 e. The molecule has 0 aliphatic rings. The minimum Gasteiger partial charge on any atom is -0.497 e. The Morgan fingerprint density at radius 3 is 2.55 bits per heavy atom. The van der Waals surface area contributed by atoms with Gasteiger partial charge in [-0.3, -0.25) is 4.79 Å². The van der Waals surface area contributed by atoms with Gasteiger partial charge < -0.3 is 14.6 Å². The minimum atomic E-state index is 0.0224. The fourth-order valence-corrected chi connectivity index (χ4v) is 2.15. The van der Waals surface area contributed by atoms with E-state index >= 15 is 0 Å². The molecular weight excluding hydrogens is 282 g/mol. The van der Waals surface area contributed by atoms with E-state index in [1.54, 1.807) is 7.11 Å². The number of benzene rings is 1. The zero-order valence-electron chi connectivity index (χ0n) is 13.1. The van der Waals surface area contributed by atoms with Crippen molar-refractivity contribution in [2.75, 3.05) is 7.11 Å². The summed E-state index contributed by atoms with van der Waals surface area (Å²) in [5.41, 5.74) is 0.835. The highest BCUT2D eigenvalue weighted by molar-refractivity contribution is 5.78. The molecule has 0 unspecified atom stereocenters. The van der Waals surface area contributed by atoms with Crippen molar-refractivity contribution in [1.29, 1.82) is 0 Å². The number of hydrogen-bond donors (Lipinski definition) is 1. The van der Waals surface area contributed by atoms with Crippen LogP contribution >= 0.6 is 0 Å². The Balaban J connectivity index is 1.97. The first-order chi connectivity index (χ1) is 10.7. The first-order valence-corrected chi connectivity index (χ1v) is 7.42. The number of aromatic nitrogens is 2. The molecule has 2 aromatic rings. The number of amides is 1. The highest BCUT2D eigenvalue weighted by atomic mass is 16.5. The summed E-state index contributed by atoms with van der Waals surface area (Å²) in [6, 6.07) is 7.38. The van der Waals surface area contributed by atoms with Gasteiger partial charge in [-0.1, -0.05) is 19.0 Å². The average molecular weight is 303 g/mol. The molecule has 1 aromatic heterocycles. The van der Waals surface area contributed by atoms with Crippen molar-refractivity contribution in [3.63, 3.8) is 0 Å². The quantitative estimate of drug-likeness (QED) is 0.851. The first-order valence-electron chi connectivity index (χ1n) is 7.42. The summed E-state index contributed by atoms with van der Waals surface area (Å²) in [7, 11) is 1.62. The third-order valence-electron chi connectivity index (χ3n) is 3.59. The van der Waals surface area contributed by atoms with Crippen LogP contribution in [0, 0.1) is 5.92 Å². The van der Waals surface area contributed by atoms with Crippen molar-refractivity contribution in [3.8, 4) is 17.1 Å². The van der Waals surface area contributed by atoms with Gasteiger partial charge in [0.05, 0.1) is 13.7 Å². The van der Waals surface area contributed by atoms with Gasteiger partial charge in [0.1, 0.15) is 5.75 Å². The molecule has 0 saturated carbocycles. The van der Waals surface area contributed by atoms with Crippen molar-refractivity contribution < 1.29 is 14.1 Å². The lowest BCUT2D eigenvalue weighted by Gasteiger charge is -2.10. The van der Waals surface area contributed by atoms with Crippen LogP contribution in [0.4, 0.5) is 0 Å². The van der Waals surface area contributed by atoms with Gasteiger partial charge in [0.25, 0.3) is 0 Å². The van der Waals surface area contributed by atoms with E-state index in [9.17, 15) is 4.79 Å². The molecule has 6 nitrogen and oxygen atoms in total. The monoisotopic (exact) mass is 303 g/mol. The summed E-state index contributed by atoms with van der Waals surface area (Å²) in [6.07, 6.45) is 1.65. The third kappa shape index (κ3) is 3.84. The number of rotatable bonds is 7. The van der Waals surface area contributed by atoms with E-state index in [4.69, 9.17) is 9.26 Å². The summed E-state index contributed by atoms with van der Waals surface area (Å²) >= 11 is 0. The fraction of sp³-hybridized carbons (Fsp3) is 0.438. The van der Waals surface area contributed by atoms with E-state index in [-0.39, 0.29) is 18.4 Å². The van der Waals surface area contributed by atoms with Crippen LogP contribution in [0.1, 0.15) is 32.6 Å². The number of carbonyl (C=O) groups excluding carboxylic acids is 1. The molecule has 0 saturated heterocycles. The summed E-state index contributed by atoms with van der Waals surface area (Å²) in [5.74, 6) is 1.71. The molecule has 0 aliphatic carbocycles. The molecule has 0 spiro atoms. The molecule has 0 bridgehead atoms. The van der Waals surface area contributed by atoms with Gasteiger partial charge in [-0.25, -0.2) is 0 Å². The van der Waals surface area contributed by atoms with Crippen molar-refractivity contribution in [2.24, 2.45) is 5.92 Å². The van der Waals surface area contributed by atoms with E-state index in [1.165, 1.54) is 0 Å². The number of carbonyl (C=O) groups is 1. The number of methoxy groups -OCH3 is 1. The van der Waals surface area contributed by atoms with Crippen molar-refractivity contribution >= 4 is 5.91 Å². The largest absolute Gasteiger partial charge is 0.497 e. The van der Waals surface area contributed by atoms with Crippen LogP contribution in [-0.4, -0.2) is 23.2 Å². The van der Waals surface area contributed by atoms with Crippen LogP contribution in [0.25, 0.3) is 11.4 Å².